The van der Waals surface area contributed by atoms with Crippen molar-refractivity contribution in [3.8, 4) is 0 Å². The van der Waals surface area contributed by atoms with E-state index in [4.69, 9.17) is 0 Å². The van der Waals surface area contributed by atoms with Crippen LogP contribution >= 0.6 is 0 Å². The van der Waals surface area contributed by atoms with Crippen molar-refractivity contribution in [1.29, 1.82) is 0 Å². The lowest BCUT2D eigenvalue weighted by atomic mass is 10.2. The molecular weight excluding hydrogens is 264 g/mol. The molecular formula is C16H20N4O. The van der Waals surface area contributed by atoms with Gasteiger partial charge in [-0.2, -0.15) is 0 Å². The first-order valence-electron chi connectivity index (χ1n) is 6.94. The van der Waals surface area contributed by atoms with Gasteiger partial charge in [0.2, 0.25) is 0 Å². The Kier molecular flexibility index (Phi) is 5.00. The summed E-state index contributed by atoms with van der Waals surface area (Å²) in [6, 6.07) is 7.47. The molecule has 1 amide bonds. The Labute approximate surface area is 125 Å². The van der Waals surface area contributed by atoms with Gasteiger partial charge in [0.25, 0.3) is 5.91 Å². The number of hydrogen-bond acceptors (Lipinski definition) is 4. The molecule has 0 aliphatic carbocycles. The summed E-state index contributed by atoms with van der Waals surface area (Å²) in [5.41, 5.74) is 2.60. The van der Waals surface area contributed by atoms with Crippen LogP contribution in [0.3, 0.4) is 0 Å². The number of rotatable bonds is 5. The van der Waals surface area contributed by atoms with Crippen molar-refractivity contribution in [3.05, 3.63) is 53.5 Å². The molecule has 1 N–H and O–H groups in total. The van der Waals surface area contributed by atoms with E-state index in [1.54, 1.807) is 24.5 Å². The van der Waals surface area contributed by atoms with E-state index in [2.05, 4.69) is 20.2 Å². The fourth-order valence-electron chi connectivity index (χ4n) is 1.96. The molecule has 0 unspecified atom stereocenters. The van der Waals surface area contributed by atoms with E-state index in [0.29, 0.717) is 11.5 Å². The molecule has 5 heteroatoms. The van der Waals surface area contributed by atoms with Gasteiger partial charge in [-0.1, -0.05) is 13.0 Å². The van der Waals surface area contributed by atoms with Crippen molar-refractivity contribution >= 4 is 11.7 Å². The smallest absolute Gasteiger partial charge is 0.275 e. The van der Waals surface area contributed by atoms with Crippen molar-refractivity contribution in [2.45, 2.75) is 19.9 Å². The van der Waals surface area contributed by atoms with Crippen molar-refractivity contribution in [2.75, 3.05) is 19.4 Å². The van der Waals surface area contributed by atoms with Crippen LogP contribution in [0.1, 0.15) is 28.5 Å². The van der Waals surface area contributed by atoms with Gasteiger partial charge < -0.3 is 10.2 Å². The van der Waals surface area contributed by atoms with Gasteiger partial charge in [-0.05, 0) is 49.8 Å². The molecule has 0 fully saturated rings. The second kappa shape index (κ2) is 6.95. The molecule has 2 heterocycles. The van der Waals surface area contributed by atoms with Gasteiger partial charge in [0.1, 0.15) is 11.5 Å². The van der Waals surface area contributed by atoms with Crippen molar-refractivity contribution < 1.29 is 4.79 Å². The van der Waals surface area contributed by atoms with E-state index in [0.717, 1.165) is 24.1 Å². The van der Waals surface area contributed by atoms with E-state index in [-0.39, 0.29) is 5.91 Å². The highest BCUT2D eigenvalue weighted by Gasteiger charge is 2.09. The van der Waals surface area contributed by atoms with Crippen LogP contribution in [0.4, 0.5) is 5.82 Å². The Morgan fingerprint density at radius 3 is 2.62 bits per heavy atom. The first-order chi connectivity index (χ1) is 10.1. The van der Waals surface area contributed by atoms with Crippen molar-refractivity contribution in [1.82, 2.24) is 14.9 Å². The number of aromatic nitrogens is 2. The van der Waals surface area contributed by atoms with E-state index < -0.39 is 0 Å². The van der Waals surface area contributed by atoms with Crippen molar-refractivity contribution in [2.24, 2.45) is 0 Å². The fourth-order valence-corrected chi connectivity index (χ4v) is 1.96. The summed E-state index contributed by atoms with van der Waals surface area (Å²) in [7, 11) is 4.00. The van der Waals surface area contributed by atoms with Crippen LogP contribution in [0.25, 0.3) is 0 Å². The summed E-state index contributed by atoms with van der Waals surface area (Å²) in [6.07, 6.45) is 4.30. The third-order valence-corrected chi connectivity index (χ3v) is 3.03. The van der Waals surface area contributed by atoms with E-state index in [1.165, 1.54) is 0 Å². The van der Waals surface area contributed by atoms with Gasteiger partial charge in [0, 0.05) is 18.9 Å². The molecule has 0 aliphatic heterocycles. The molecule has 0 saturated heterocycles. The molecule has 5 nitrogen and oxygen atoms in total. The zero-order valence-electron chi connectivity index (χ0n) is 12.6. The maximum atomic E-state index is 12.1. The summed E-state index contributed by atoms with van der Waals surface area (Å²) in [4.78, 5) is 22.5. The fraction of sp³-hybridized carbons (Fsp3) is 0.312. The first kappa shape index (κ1) is 15.1. The monoisotopic (exact) mass is 284 g/mol. The average molecular weight is 284 g/mol. The Morgan fingerprint density at radius 2 is 2.00 bits per heavy atom. The van der Waals surface area contributed by atoms with E-state index in [1.807, 2.05) is 33.2 Å². The standard InChI is InChI=1S/C16H20N4O/c1-4-12-7-8-17-14(9-12)16(21)19-15-6-5-13(10-18-15)11-20(2)3/h5-10H,4,11H2,1-3H3,(H,18,19,21). The van der Waals surface area contributed by atoms with E-state index >= 15 is 0 Å². The van der Waals surface area contributed by atoms with Gasteiger partial charge in [0.05, 0.1) is 0 Å². The van der Waals surface area contributed by atoms with Crippen LogP contribution in [0.15, 0.2) is 36.7 Å². The SMILES string of the molecule is CCc1ccnc(C(=O)Nc2ccc(CN(C)C)cn2)c1. The molecule has 2 aromatic heterocycles. The molecule has 0 spiro atoms. The third-order valence-electron chi connectivity index (χ3n) is 3.03. The quantitative estimate of drug-likeness (QED) is 0.915. The zero-order chi connectivity index (χ0) is 15.2. The van der Waals surface area contributed by atoms with Crippen molar-refractivity contribution in [3.63, 3.8) is 0 Å². The summed E-state index contributed by atoms with van der Waals surface area (Å²) in [5.74, 6) is 0.296. The highest BCUT2D eigenvalue weighted by molar-refractivity contribution is 6.02. The second-order valence-corrected chi connectivity index (χ2v) is 5.15. The predicted molar refractivity (Wildman–Crippen MR) is 83.2 cm³/mol. The van der Waals surface area contributed by atoms with Gasteiger partial charge in [-0.25, -0.2) is 4.98 Å². The molecule has 110 valence electrons. The number of amides is 1. The largest absolute Gasteiger partial charge is 0.305 e. The number of hydrogen-bond donors (Lipinski definition) is 1. The number of aryl methyl sites for hydroxylation is 1. The number of nitrogens with zero attached hydrogens (tertiary/aromatic N) is 3. The van der Waals surface area contributed by atoms with Crippen LogP contribution in [0, 0.1) is 0 Å². The van der Waals surface area contributed by atoms with Crippen LogP contribution < -0.4 is 5.32 Å². The van der Waals surface area contributed by atoms with Gasteiger partial charge in [-0.3, -0.25) is 9.78 Å². The number of pyridine rings is 2. The zero-order valence-corrected chi connectivity index (χ0v) is 12.6. The molecule has 0 aromatic carbocycles. The normalized spacial score (nSPS) is 10.7. The van der Waals surface area contributed by atoms with Gasteiger partial charge >= 0.3 is 0 Å². The Morgan fingerprint density at radius 1 is 1.19 bits per heavy atom. The first-order valence-corrected chi connectivity index (χ1v) is 6.94. The minimum absolute atomic E-state index is 0.238. The minimum atomic E-state index is -0.238. The molecule has 21 heavy (non-hydrogen) atoms. The summed E-state index contributed by atoms with van der Waals surface area (Å²) < 4.78 is 0. The Balaban J connectivity index is 2.05. The van der Waals surface area contributed by atoms with Crippen LogP contribution in [-0.2, 0) is 13.0 Å². The maximum absolute atomic E-state index is 12.1. The number of anilines is 1. The van der Waals surface area contributed by atoms with E-state index in [9.17, 15) is 4.79 Å². The van der Waals surface area contributed by atoms with Crippen LogP contribution in [0.5, 0.6) is 0 Å². The Hall–Kier alpha value is -2.27. The number of nitrogens with one attached hydrogen (secondary N) is 1. The van der Waals surface area contributed by atoms with Crippen LogP contribution in [0.2, 0.25) is 0 Å². The lowest BCUT2D eigenvalue weighted by Crippen LogP contribution is -2.15. The summed E-state index contributed by atoms with van der Waals surface area (Å²) in [5, 5.41) is 2.76. The molecule has 0 radical (unpaired) electrons. The lowest BCUT2D eigenvalue weighted by molar-refractivity contribution is 0.102. The summed E-state index contributed by atoms with van der Waals surface area (Å²) >= 11 is 0. The molecule has 2 aromatic rings. The Bertz CT molecular complexity index is 608. The third kappa shape index (κ3) is 4.36. The topological polar surface area (TPSA) is 58.1 Å². The highest BCUT2D eigenvalue weighted by atomic mass is 16.1. The summed E-state index contributed by atoms with van der Waals surface area (Å²) in [6.45, 7) is 2.86. The minimum Gasteiger partial charge on any atom is -0.305 e. The predicted octanol–water partition coefficient (Wildman–Crippen LogP) is 2.35. The number of carbonyl (C=O) groups is 1. The molecule has 0 atom stereocenters. The van der Waals surface area contributed by atoms with Crippen LogP contribution in [-0.4, -0.2) is 34.9 Å². The second-order valence-electron chi connectivity index (χ2n) is 5.15. The highest BCUT2D eigenvalue weighted by Crippen LogP contribution is 2.09. The van der Waals surface area contributed by atoms with Gasteiger partial charge in [0.15, 0.2) is 0 Å². The maximum Gasteiger partial charge on any atom is 0.275 e. The molecule has 0 aliphatic rings. The van der Waals surface area contributed by atoms with Gasteiger partial charge in [-0.15, -0.1) is 0 Å². The molecule has 0 bridgehead atoms. The average Bonchev–Trinajstić information content (AvgIpc) is 2.49. The molecule has 0 saturated carbocycles. The molecule has 2 rings (SSSR count). The lowest BCUT2D eigenvalue weighted by Gasteiger charge is -2.10. The number of carbonyl (C=O) groups excluding carboxylic acids is 1.